The van der Waals surface area contributed by atoms with Crippen LogP contribution in [0.1, 0.15) is 31.2 Å². The topological polar surface area (TPSA) is 0 Å². The first-order valence-corrected chi connectivity index (χ1v) is 5.24. The van der Waals surface area contributed by atoms with Crippen molar-refractivity contribution in [1.82, 2.24) is 0 Å². The van der Waals surface area contributed by atoms with Gasteiger partial charge in [0.05, 0.1) is 5.38 Å². The Morgan fingerprint density at radius 2 is 1.85 bits per heavy atom. The molecule has 1 saturated carbocycles. The van der Waals surface area contributed by atoms with Crippen LogP contribution >= 0.6 is 11.6 Å². The monoisotopic (exact) mass is 194 g/mol. The molecule has 0 aromatic heterocycles. The number of alkyl halides is 1. The zero-order valence-electron chi connectivity index (χ0n) is 8.13. The van der Waals surface area contributed by atoms with Crippen molar-refractivity contribution in [2.24, 2.45) is 11.3 Å². The van der Waals surface area contributed by atoms with E-state index >= 15 is 0 Å². The molecule has 1 heteroatoms. The van der Waals surface area contributed by atoms with Crippen LogP contribution in [0.5, 0.6) is 0 Å². The summed E-state index contributed by atoms with van der Waals surface area (Å²) in [6, 6.07) is 10.4. The molecule has 0 radical (unpaired) electrons. The van der Waals surface area contributed by atoms with E-state index in [-0.39, 0.29) is 5.38 Å². The third-order valence-electron chi connectivity index (χ3n) is 3.06. The fourth-order valence-electron chi connectivity index (χ4n) is 1.88. The summed E-state index contributed by atoms with van der Waals surface area (Å²) in [6.07, 6.45) is 1.26. The molecule has 2 unspecified atom stereocenters. The molecule has 1 aromatic carbocycles. The molecule has 0 nitrogen and oxygen atoms in total. The highest BCUT2D eigenvalue weighted by molar-refractivity contribution is 6.21. The van der Waals surface area contributed by atoms with Gasteiger partial charge in [-0.2, -0.15) is 0 Å². The third-order valence-corrected chi connectivity index (χ3v) is 3.62. The Balaban J connectivity index is 2.12. The molecule has 0 bridgehead atoms. The van der Waals surface area contributed by atoms with E-state index in [0.717, 1.165) is 0 Å². The van der Waals surface area contributed by atoms with E-state index in [1.807, 2.05) is 6.07 Å². The van der Waals surface area contributed by atoms with E-state index < -0.39 is 0 Å². The van der Waals surface area contributed by atoms with Crippen LogP contribution in [0.3, 0.4) is 0 Å². The molecule has 2 rings (SSSR count). The van der Waals surface area contributed by atoms with Crippen molar-refractivity contribution >= 4 is 11.6 Å². The van der Waals surface area contributed by atoms with Crippen LogP contribution in [0.15, 0.2) is 30.3 Å². The first-order valence-electron chi connectivity index (χ1n) is 4.80. The summed E-state index contributed by atoms with van der Waals surface area (Å²) in [4.78, 5) is 0. The Hall–Kier alpha value is -0.490. The van der Waals surface area contributed by atoms with Gasteiger partial charge in [0.15, 0.2) is 0 Å². The molecular formula is C12H15Cl. The Morgan fingerprint density at radius 1 is 1.31 bits per heavy atom. The minimum atomic E-state index is 0.205. The van der Waals surface area contributed by atoms with Crippen LogP contribution in [0.2, 0.25) is 0 Å². The molecule has 0 N–H and O–H groups in total. The van der Waals surface area contributed by atoms with E-state index in [1.165, 1.54) is 12.0 Å². The van der Waals surface area contributed by atoms with Crippen LogP contribution in [-0.2, 0) is 0 Å². The van der Waals surface area contributed by atoms with E-state index in [0.29, 0.717) is 11.3 Å². The normalized spacial score (nSPS) is 26.8. The average molecular weight is 195 g/mol. The number of hydrogen-bond acceptors (Lipinski definition) is 0. The van der Waals surface area contributed by atoms with Crippen molar-refractivity contribution in [2.45, 2.75) is 25.6 Å². The van der Waals surface area contributed by atoms with Gasteiger partial charge < -0.3 is 0 Å². The van der Waals surface area contributed by atoms with E-state index in [2.05, 4.69) is 38.1 Å². The van der Waals surface area contributed by atoms with E-state index in [4.69, 9.17) is 11.6 Å². The molecule has 0 saturated heterocycles. The van der Waals surface area contributed by atoms with Gasteiger partial charge in [-0.1, -0.05) is 44.2 Å². The molecule has 0 amide bonds. The molecule has 70 valence electrons. The van der Waals surface area contributed by atoms with Crippen molar-refractivity contribution in [3.05, 3.63) is 35.9 Å². The maximum atomic E-state index is 6.39. The molecule has 0 aliphatic heterocycles. The van der Waals surface area contributed by atoms with Crippen LogP contribution in [0.25, 0.3) is 0 Å². The second-order valence-corrected chi connectivity index (χ2v) is 5.08. The van der Waals surface area contributed by atoms with Gasteiger partial charge in [0, 0.05) is 0 Å². The maximum absolute atomic E-state index is 6.39. The molecular weight excluding hydrogens is 180 g/mol. The number of rotatable bonds is 2. The molecule has 0 spiro atoms. The summed E-state index contributed by atoms with van der Waals surface area (Å²) in [5.74, 6) is 0.663. The van der Waals surface area contributed by atoms with Gasteiger partial charge in [0.1, 0.15) is 0 Å². The van der Waals surface area contributed by atoms with Crippen LogP contribution in [0.4, 0.5) is 0 Å². The van der Waals surface area contributed by atoms with Crippen molar-refractivity contribution in [3.63, 3.8) is 0 Å². The fraction of sp³-hybridized carbons (Fsp3) is 0.500. The first kappa shape index (κ1) is 9.08. The highest BCUT2D eigenvalue weighted by atomic mass is 35.5. The van der Waals surface area contributed by atoms with Gasteiger partial charge >= 0.3 is 0 Å². The molecule has 1 fully saturated rings. The van der Waals surface area contributed by atoms with Gasteiger partial charge in [-0.25, -0.2) is 0 Å². The Kier molecular flexibility index (Phi) is 2.11. The SMILES string of the molecule is CC1(C)CC1C(Cl)c1ccccc1. The molecule has 1 aliphatic rings. The summed E-state index contributed by atoms with van der Waals surface area (Å²) >= 11 is 6.39. The van der Waals surface area contributed by atoms with Crippen molar-refractivity contribution in [2.75, 3.05) is 0 Å². The lowest BCUT2D eigenvalue weighted by Gasteiger charge is -2.11. The number of benzene rings is 1. The molecule has 13 heavy (non-hydrogen) atoms. The smallest absolute Gasteiger partial charge is 0.0618 e. The zero-order valence-corrected chi connectivity index (χ0v) is 8.88. The highest BCUT2D eigenvalue weighted by Gasteiger charge is 2.49. The predicted molar refractivity (Wildman–Crippen MR) is 56.9 cm³/mol. The lowest BCUT2D eigenvalue weighted by molar-refractivity contribution is 0.548. The third kappa shape index (κ3) is 1.73. The lowest BCUT2D eigenvalue weighted by Crippen LogP contribution is -1.98. The second-order valence-electron chi connectivity index (χ2n) is 4.61. The van der Waals surface area contributed by atoms with Gasteiger partial charge in [0.2, 0.25) is 0 Å². The molecule has 1 aromatic rings. The predicted octanol–water partition coefficient (Wildman–Crippen LogP) is 4.01. The molecule has 1 aliphatic carbocycles. The first-order chi connectivity index (χ1) is 6.11. The summed E-state index contributed by atoms with van der Waals surface area (Å²) in [5.41, 5.74) is 1.72. The van der Waals surface area contributed by atoms with Gasteiger partial charge in [-0.15, -0.1) is 11.6 Å². The second kappa shape index (κ2) is 3.02. The quantitative estimate of drug-likeness (QED) is 0.624. The van der Waals surface area contributed by atoms with E-state index in [1.54, 1.807) is 0 Å². The van der Waals surface area contributed by atoms with Crippen LogP contribution < -0.4 is 0 Å². The Bertz CT molecular complexity index is 289. The summed E-state index contributed by atoms with van der Waals surface area (Å²) in [5, 5.41) is 0.205. The molecule has 2 atom stereocenters. The van der Waals surface area contributed by atoms with Crippen LogP contribution in [0, 0.1) is 11.3 Å². The van der Waals surface area contributed by atoms with Gasteiger partial charge in [-0.05, 0) is 23.3 Å². The van der Waals surface area contributed by atoms with Gasteiger partial charge in [0.25, 0.3) is 0 Å². The fourth-order valence-corrected chi connectivity index (χ4v) is 2.45. The lowest BCUT2D eigenvalue weighted by atomic mass is 10.0. The largest absolute Gasteiger partial charge is 0.117 e. The van der Waals surface area contributed by atoms with Crippen molar-refractivity contribution in [3.8, 4) is 0 Å². The average Bonchev–Trinajstić information content (AvgIpc) is 2.76. The Morgan fingerprint density at radius 3 is 2.31 bits per heavy atom. The number of hydrogen-bond donors (Lipinski definition) is 0. The summed E-state index contributed by atoms with van der Waals surface area (Å²) in [7, 11) is 0. The van der Waals surface area contributed by atoms with Gasteiger partial charge in [-0.3, -0.25) is 0 Å². The minimum Gasteiger partial charge on any atom is -0.117 e. The van der Waals surface area contributed by atoms with Crippen molar-refractivity contribution < 1.29 is 0 Å². The standard InChI is InChI=1S/C12H15Cl/c1-12(2)8-10(12)11(13)9-6-4-3-5-7-9/h3-7,10-11H,8H2,1-2H3. The molecule has 0 heterocycles. The van der Waals surface area contributed by atoms with Crippen LogP contribution in [-0.4, -0.2) is 0 Å². The zero-order chi connectivity index (χ0) is 9.47. The Labute approximate surface area is 84.9 Å². The maximum Gasteiger partial charge on any atom is 0.0618 e. The van der Waals surface area contributed by atoms with Crippen molar-refractivity contribution in [1.29, 1.82) is 0 Å². The minimum absolute atomic E-state index is 0.205. The summed E-state index contributed by atoms with van der Waals surface area (Å²) < 4.78 is 0. The number of halogens is 1. The summed E-state index contributed by atoms with van der Waals surface area (Å²) in [6.45, 7) is 4.58. The highest BCUT2D eigenvalue weighted by Crippen LogP contribution is 2.59. The van der Waals surface area contributed by atoms with E-state index in [9.17, 15) is 0 Å².